The zero-order chi connectivity index (χ0) is 20.5. The van der Waals surface area contributed by atoms with Crippen molar-refractivity contribution in [3.8, 4) is 5.75 Å². The summed E-state index contributed by atoms with van der Waals surface area (Å²) in [5.41, 5.74) is 6.42. The third-order valence-electron chi connectivity index (χ3n) is 4.27. The van der Waals surface area contributed by atoms with Crippen molar-refractivity contribution in [3.63, 3.8) is 0 Å². The van der Waals surface area contributed by atoms with Gasteiger partial charge < -0.3 is 20.7 Å². The van der Waals surface area contributed by atoms with Crippen molar-refractivity contribution < 1.29 is 24.0 Å². The van der Waals surface area contributed by atoms with Crippen molar-refractivity contribution >= 4 is 23.5 Å². The molecule has 0 aliphatic heterocycles. The second kappa shape index (κ2) is 10.1. The van der Waals surface area contributed by atoms with Crippen LogP contribution in [0, 0.1) is 0 Å². The summed E-state index contributed by atoms with van der Waals surface area (Å²) in [7, 11) is 1.57. The van der Waals surface area contributed by atoms with E-state index in [9.17, 15) is 14.4 Å². The van der Waals surface area contributed by atoms with E-state index < -0.39 is 18.0 Å². The average Bonchev–Trinajstić information content (AvgIpc) is 2.68. The predicted octanol–water partition coefficient (Wildman–Crippen LogP) is 0.475. The molecule has 2 aromatic rings. The molecule has 0 saturated carbocycles. The van der Waals surface area contributed by atoms with Crippen LogP contribution in [0.15, 0.2) is 54.6 Å². The minimum Gasteiger partial charge on any atom is -0.497 e. The highest BCUT2D eigenvalue weighted by molar-refractivity contribution is 5.96. The van der Waals surface area contributed by atoms with E-state index in [0.29, 0.717) is 28.4 Å². The molecule has 0 aliphatic carbocycles. The summed E-state index contributed by atoms with van der Waals surface area (Å²) in [6, 6.07) is 14.3. The second-order valence-electron chi connectivity index (χ2n) is 6.16. The van der Waals surface area contributed by atoms with Gasteiger partial charge in [-0.15, -0.1) is 0 Å². The molecule has 2 aromatic carbocycles. The first-order chi connectivity index (χ1) is 13.4. The highest BCUT2D eigenvalue weighted by Crippen LogP contribution is 2.15. The van der Waals surface area contributed by atoms with Crippen LogP contribution >= 0.6 is 0 Å². The number of urea groups is 1. The summed E-state index contributed by atoms with van der Waals surface area (Å²) in [6.07, 6.45) is 0. The quantitative estimate of drug-likeness (QED) is 0.529. The Morgan fingerprint density at radius 2 is 1.71 bits per heavy atom. The van der Waals surface area contributed by atoms with E-state index in [1.165, 1.54) is 0 Å². The number of nitrogens with one attached hydrogen (secondary N) is 3. The number of methoxy groups -OCH3 is 1. The van der Waals surface area contributed by atoms with Crippen LogP contribution in [0.1, 0.15) is 18.5 Å². The molecule has 0 heterocycles. The minimum absolute atomic E-state index is 0.0360. The van der Waals surface area contributed by atoms with Gasteiger partial charge in [-0.1, -0.05) is 30.3 Å². The standard InChI is InChI=1S/C20H24N4O4/c1-3-24(13-17(25)22-15-9-11-16(28-2)12-10-15)18(19(26)23-20(21)27)14-7-5-4-6-8-14/h4-12,18H,3,13H2,1-2H3,(H,22,25)(H3,21,23,26,27)/p+1/t18-/m1/s1. The Balaban J connectivity index is 2.16. The van der Waals surface area contributed by atoms with E-state index in [1.807, 2.05) is 13.0 Å². The molecule has 0 saturated heterocycles. The van der Waals surface area contributed by atoms with Crippen LogP contribution in [0.25, 0.3) is 0 Å². The van der Waals surface area contributed by atoms with E-state index in [1.54, 1.807) is 55.6 Å². The van der Waals surface area contributed by atoms with Gasteiger partial charge in [-0.3, -0.25) is 14.9 Å². The Morgan fingerprint density at radius 3 is 2.25 bits per heavy atom. The molecule has 0 radical (unpaired) electrons. The van der Waals surface area contributed by atoms with Crippen LogP contribution in [0.4, 0.5) is 10.5 Å². The number of ether oxygens (including phenoxy) is 1. The Hall–Kier alpha value is -3.39. The van der Waals surface area contributed by atoms with Crippen molar-refractivity contribution in [3.05, 3.63) is 60.2 Å². The van der Waals surface area contributed by atoms with Gasteiger partial charge in [0.1, 0.15) is 5.75 Å². The van der Waals surface area contributed by atoms with E-state index >= 15 is 0 Å². The second-order valence-corrected chi connectivity index (χ2v) is 6.16. The van der Waals surface area contributed by atoms with Gasteiger partial charge in [-0.25, -0.2) is 4.79 Å². The van der Waals surface area contributed by atoms with Gasteiger partial charge in [0.25, 0.3) is 11.8 Å². The number of carbonyl (C=O) groups excluding carboxylic acids is 3. The van der Waals surface area contributed by atoms with Crippen LogP contribution in [0.2, 0.25) is 0 Å². The lowest BCUT2D eigenvalue weighted by Gasteiger charge is -2.26. The Labute approximate surface area is 163 Å². The lowest BCUT2D eigenvalue weighted by atomic mass is 10.0. The van der Waals surface area contributed by atoms with Gasteiger partial charge >= 0.3 is 6.03 Å². The normalized spacial score (nSPS) is 12.5. The Morgan fingerprint density at radius 1 is 1.07 bits per heavy atom. The van der Waals surface area contributed by atoms with E-state index in [2.05, 4.69) is 10.6 Å². The number of hydrogen-bond acceptors (Lipinski definition) is 4. The summed E-state index contributed by atoms with van der Waals surface area (Å²) in [5, 5.41) is 4.93. The molecule has 0 fully saturated rings. The molecular weight excluding hydrogens is 360 g/mol. The molecule has 8 heteroatoms. The van der Waals surface area contributed by atoms with Crippen LogP contribution in [0.5, 0.6) is 5.75 Å². The Kier molecular flexibility index (Phi) is 7.53. The van der Waals surface area contributed by atoms with Crippen molar-refractivity contribution in [2.75, 3.05) is 25.5 Å². The number of amides is 4. The van der Waals surface area contributed by atoms with E-state index in [4.69, 9.17) is 10.5 Å². The van der Waals surface area contributed by atoms with E-state index in [0.717, 1.165) is 0 Å². The van der Waals surface area contributed by atoms with E-state index in [-0.39, 0.29) is 12.5 Å². The molecule has 2 rings (SSSR count). The smallest absolute Gasteiger partial charge is 0.319 e. The lowest BCUT2D eigenvalue weighted by molar-refractivity contribution is -0.912. The fraction of sp³-hybridized carbons (Fsp3) is 0.250. The molecule has 2 atom stereocenters. The highest BCUT2D eigenvalue weighted by atomic mass is 16.5. The SMILES string of the molecule is CC[NH+](CC(=O)Nc1ccc(OC)cc1)[C@@H](C(=O)NC(N)=O)c1ccccc1. The van der Waals surface area contributed by atoms with Crippen LogP contribution in [-0.2, 0) is 9.59 Å². The van der Waals surface area contributed by atoms with Crippen LogP contribution in [0.3, 0.4) is 0 Å². The van der Waals surface area contributed by atoms with Gasteiger partial charge in [-0.05, 0) is 31.2 Å². The summed E-state index contributed by atoms with van der Waals surface area (Å²) in [6.45, 7) is 2.39. The predicted molar refractivity (Wildman–Crippen MR) is 105 cm³/mol. The number of carbonyl (C=O) groups is 3. The molecular formula is C20H25N4O4+. The molecule has 8 nitrogen and oxygen atoms in total. The molecule has 4 amide bonds. The largest absolute Gasteiger partial charge is 0.497 e. The minimum atomic E-state index is -0.927. The average molecular weight is 385 g/mol. The summed E-state index contributed by atoms with van der Waals surface area (Å²) >= 11 is 0. The van der Waals surface area contributed by atoms with Gasteiger partial charge in [0, 0.05) is 11.3 Å². The van der Waals surface area contributed by atoms with Crippen molar-refractivity contribution in [2.45, 2.75) is 13.0 Å². The third-order valence-corrected chi connectivity index (χ3v) is 4.27. The topological polar surface area (TPSA) is 115 Å². The molecule has 0 spiro atoms. The number of nitrogens with two attached hydrogens (primary N) is 1. The number of likely N-dealkylation sites (N-methyl/N-ethyl adjacent to an activating group) is 1. The number of anilines is 1. The van der Waals surface area contributed by atoms with Gasteiger partial charge in [0.2, 0.25) is 0 Å². The molecule has 0 aliphatic rings. The number of imide groups is 1. The molecule has 5 N–H and O–H groups in total. The molecule has 0 aromatic heterocycles. The maximum atomic E-state index is 12.6. The number of quaternary nitrogens is 1. The lowest BCUT2D eigenvalue weighted by Crippen LogP contribution is -3.14. The zero-order valence-corrected chi connectivity index (χ0v) is 15.9. The fourth-order valence-electron chi connectivity index (χ4n) is 2.93. The number of benzene rings is 2. The number of primary amides is 1. The Bertz CT molecular complexity index is 809. The summed E-state index contributed by atoms with van der Waals surface area (Å²) < 4.78 is 5.10. The maximum absolute atomic E-state index is 12.6. The van der Waals surface area contributed by atoms with Gasteiger partial charge in [0.15, 0.2) is 12.6 Å². The summed E-state index contributed by atoms with van der Waals surface area (Å²) in [4.78, 5) is 37.0. The van der Waals surface area contributed by atoms with Crippen molar-refractivity contribution in [1.82, 2.24) is 5.32 Å². The van der Waals surface area contributed by atoms with Crippen LogP contribution < -0.4 is 26.0 Å². The van der Waals surface area contributed by atoms with Gasteiger partial charge in [-0.2, -0.15) is 0 Å². The summed E-state index contributed by atoms with van der Waals surface area (Å²) in [5.74, 6) is -0.117. The first kappa shape index (κ1) is 20.9. The fourth-order valence-corrected chi connectivity index (χ4v) is 2.93. The van der Waals surface area contributed by atoms with Crippen LogP contribution in [-0.4, -0.2) is 38.0 Å². The van der Waals surface area contributed by atoms with Crippen molar-refractivity contribution in [2.24, 2.45) is 5.73 Å². The molecule has 28 heavy (non-hydrogen) atoms. The number of hydrogen-bond donors (Lipinski definition) is 4. The number of rotatable bonds is 8. The highest BCUT2D eigenvalue weighted by Gasteiger charge is 2.32. The van der Waals surface area contributed by atoms with Gasteiger partial charge in [0.05, 0.1) is 13.7 Å². The molecule has 1 unspecified atom stereocenters. The van der Waals surface area contributed by atoms with Crippen molar-refractivity contribution in [1.29, 1.82) is 0 Å². The first-order valence-corrected chi connectivity index (χ1v) is 8.88. The third kappa shape index (κ3) is 5.82. The maximum Gasteiger partial charge on any atom is 0.319 e. The monoisotopic (exact) mass is 385 g/mol. The molecule has 148 valence electrons. The molecule has 0 bridgehead atoms. The first-order valence-electron chi connectivity index (χ1n) is 8.88. The zero-order valence-electron chi connectivity index (χ0n) is 15.9.